The molecule has 0 saturated carbocycles. The lowest BCUT2D eigenvalue weighted by Gasteiger charge is -2.14. The molecule has 0 atom stereocenters. The topological polar surface area (TPSA) is 309 Å². The smallest absolute Gasteiger partial charge is 0.320 e. The number of aromatic nitrogens is 12. The first-order valence-corrected chi connectivity index (χ1v) is 45.1. The summed E-state index contributed by atoms with van der Waals surface area (Å²) < 4.78 is 44.7. The number of nitrogens with zero attached hydrogens (tertiary/aromatic N) is 12. The van der Waals surface area contributed by atoms with Crippen LogP contribution in [-0.2, 0) is 0 Å². The van der Waals surface area contributed by atoms with Gasteiger partial charge in [0.25, 0.3) is 0 Å². The van der Waals surface area contributed by atoms with Crippen molar-refractivity contribution in [2.45, 2.75) is 55.4 Å². The fourth-order valence-corrected chi connectivity index (χ4v) is 16.6. The Labute approximate surface area is 783 Å². The van der Waals surface area contributed by atoms with E-state index in [9.17, 15) is 20.4 Å². The Morgan fingerprint density at radius 1 is 0.176 bits per heavy atom. The number of benzene rings is 17. The van der Waals surface area contributed by atoms with Crippen molar-refractivity contribution in [2.24, 2.45) is 0 Å². The molecule has 4 N–H and O–H groups in total. The van der Waals surface area contributed by atoms with E-state index in [-0.39, 0.29) is 47.0 Å². The summed E-state index contributed by atoms with van der Waals surface area (Å²) >= 11 is 0. The fraction of sp³-hybridized carbons (Fsp3) is 0.143. The predicted octanol–water partition coefficient (Wildman–Crippen LogP) is 25.2. The van der Waals surface area contributed by atoms with Crippen LogP contribution < -0.4 is 37.9 Å². The Morgan fingerprint density at radius 3 is 0.853 bits per heavy atom. The summed E-state index contributed by atoms with van der Waals surface area (Å²) in [5.74, 6) is 5.72. The van der Waals surface area contributed by atoms with Gasteiger partial charge in [-0.2, -0.15) is 39.9 Å². The summed E-state index contributed by atoms with van der Waals surface area (Å²) in [6.45, 7) is 18.8. The molecule has 21 aromatic rings. The highest BCUT2D eigenvalue weighted by molar-refractivity contribution is 6.21. The maximum absolute atomic E-state index is 10.8. The van der Waals surface area contributed by atoms with Crippen molar-refractivity contribution in [1.82, 2.24) is 59.8 Å². The van der Waals surface area contributed by atoms with Crippen LogP contribution in [0.25, 0.3) is 188 Å². The van der Waals surface area contributed by atoms with Crippen molar-refractivity contribution in [3.63, 3.8) is 0 Å². The van der Waals surface area contributed by atoms with Crippen LogP contribution in [0.5, 0.6) is 70.0 Å². The average Bonchev–Trinajstić information content (AvgIpc) is 0.752. The summed E-state index contributed by atoms with van der Waals surface area (Å²) in [4.78, 5) is 55.3. The molecule has 0 aliphatic heterocycles. The van der Waals surface area contributed by atoms with Crippen LogP contribution in [-0.4, -0.2) is 133 Å². The van der Waals surface area contributed by atoms with Crippen molar-refractivity contribution in [2.75, 3.05) is 52.9 Å². The summed E-state index contributed by atoms with van der Waals surface area (Å²) in [7, 11) is 0. The number of hydrogen-bond donors (Lipinski definition) is 4. The van der Waals surface area contributed by atoms with Crippen LogP contribution in [0.1, 0.15) is 55.4 Å². The minimum atomic E-state index is 0.0277. The Bertz CT molecular complexity index is 7980. The Hall–Kier alpha value is -17.3. The van der Waals surface area contributed by atoms with Crippen LogP contribution >= 0.6 is 0 Å². The monoisotopic (exact) mass is 1800 g/mol. The van der Waals surface area contributed by atoms with Gasteiger partial charge in [-0.05, 0) is 237 Å². The van der Waals surface area contributed by atoms with Gasteiger partial charge >= 0.3 is 24.0 Å². The third-order valence-electron chi connectivity index (χ3n) is 22.6. The van der Waals surface area contributed by atoms with Gasteiger partial charge in [0, 0.05) is 46.5 Å². The number of phenols is 4. The van der Waals surface area contributed by atoms with E-state index in [2.05, 4.69) is 190 Å². The first-order chi connectivity index (χ1) is 66.6. The first-order valence-electron chi connectivity index (χ1n) is 45.1. The summed E-state index contributed by atoms with van der Waals surface area (Å²) in [6, 6.07) is 100. The van der Waals surface area contributed by atoms with E-state index in [1.165, 1.54) is 26.9 Å². The molecule has 0 fully saturated rings. The number of rotatable bonds is 24. The van der Waals surface area contributed by atoms with Gasteiger partial charge in [-0.3, -0.25) is 0 Å². The molecule has 0 amide bonds. The highest BCUT2D eigenvalue weighted by Crippen LogP contribution is 2.44. The fourth-order valence-electron chi connectivity index (χ4n) is 16.6. The lowest BCUT2D eigenvalue weighted by Crippen LogP contribution is -2.04. The maximum atomic E-state index is 10.8. The van der Waals surface area contributed by atoms with Gasteiger partial charge in [0.05, 0.1) is 75.1 Å². The molecule has 17 aromatic carbocycles. The zero-order valence-electron chi connectivity index (χ0n) is 75.9. The number of aromatic hydroxyl groups is 4. The molecule has 24 nitrogen and oxygen atoms in total. The van der Waals surface area contributed by atoms with Crippen LogP contribution in [0.2, 0.25) is 0 Å². The third kappa shape index (κ3) is 19.1. The lowest BCUT2D eigenvalue weighted by molar-refractivity contribution is 0.312. The van der Waals surface area contributed by atoms with E-state index in [0.717, 1.165) is 92.3 Å². The molecule has 0 unspecified atom stereocenters. The molecular formula is C112H94N12O12. The zero-order valence-corrected chi connectivity index (χ0v) is 75.9. The first kappa shape index (κ1) is 89.3. The second-order valence-corrected chi connectivity index (χ2v) is 31.2. The quantitative estimate of drug-likeness (QED) is 0.0323. The molecule has 4 heterocycles. The molecule has 24 heteroatoms. The van der Waals surface area contributed by atoms with Crippen LogP contribution in [0.4, 0.5) is 0 Å². The molecule has 0 aliphatic carbocycles. The molecule has 0 saturated heterocycles. The van der Waals surface area contributed by atoms with E-state index < -0.39 is 0 Å². The molecule has 0 bridgehead atoms. The molecule has 4 aromatic heterocycles. The number of hydrogen-bond acceptors (Lipinski definition) is 24. The molecule has 0 spiro atoms. The van der Waals surface area contributed by atoms with Gasteiger partial charge in [-0.15, -0.1) is 0 Å². The van der Waals surface area contributed by atoms with Crippen molar-refractivity contribution < 1.29 is 58.3 Å². The van der Waals surface area contributed by atoms with Gasteiger partial charge in [-0.25, -0.2) is 19.9 Å². The van der Waals surface area contributed by atoms with Crippen molar-refractivity contribution in [3.8, 4) is 161 Å². The van der Waals surface area contributed by atoms with E-state index in [4.69, 9.17) is 52.8 Å². The third-order valence-corrected chi connectivity index (χ3v) is 22.6. The Kier molecular flexibility index (Phi) is 26.7. The van der Waals surface area contributed by atoms with Gasteiger partial charge in [0.1, 0.15) is 46.0 Å². The van der Waals surface area contributed by atoms with Crippen LogP contribution in [0.3, 0.4) is 0 Å². The van der Waals surface area contributed by atoms with Gasteiger partial charge < -0.3 is 58.3 Å². The van der Waals surface area contributed by atoms with Crippen LogP contribution in [0.15, 0.2) is 303 Å². The number of phenolic OH excluding ortho intramolecular Hbond substituents is 4. The summed E-state index contributed by atoms with van der Waals surface area (Å²) in [6.07, 6.45) is 0. The molecule has 674 valence electrons. The molecular weight excluding hydrogens is 1710 g/mol. The Morgan fingerprint density at radius 2 is 0.449 bits per heavy atom. The lowest BCUT2D eigenvalue weighted by atomic mass is 9.93. The standard InChI is InChI=1S/C31H25N3O3.3C27H23N3O3/c1-3-36-20-14-16-25(28(35)17-20)29-32-30(34-31(33-29)37-4-2)27-18-26-21-10-6-5-9-19(21)13-15-24(26)22-11-7-8-12-23(22)27;1-3-32-19-13-14-22(23(31)16-19)25-28-26(30-27(29-25)33-4-2)24-20-11-7-5-9-17(20)15-18-10-6-8-12-21(18)24;1-3-32-18-13-14-22(24(31)16-18)25-28-26(30-27(29-25)33-4-2)23-15-17-9-5-6-10-19(17)20-11-7-8-12-21(20)23;1-3-32-22-11-12-23(24(31)16-22)26-28-25(29-27(30-26)33-4-2)20-10-9-19-13-17-7-5-6-8-18(17)14-21(19)15-20/h5-18,35H,3-4H2,1-2H3;3*5-16,31H,3-4H2,1-2H3. The normalized spacial score (nSPS) is 11.1. The molecule has 21 rings (SSSR count). The maximum Gasteiger partial charge on any atom is 0.320 e. The van der Waals surface area contributed by atoms with Crippen molar-refractivity contribution in [1.29, 1.82) is 0 Å². The minimum absolute atomic E-state index is 0.0277. The van der Waals surface area contributed by atoms with Gasteiger partial charge in [0.2, 0.25) is 0 Å². The number of fused-ring (bicyclic) bond motifs is 12. The van der Waals surface area contributed by atoms with E-state index in [1.54, 1.807) is 72.8 Å². The molecule has 0 radical (unpaired) electrons. The van der Waals surface area contributed by atoms with E-state index >= 15 is 0 Å². The largest absolute Gasteiger partial charge is 0.507 e. The van der Waals surface area contributed by atoms with E-state index in [1.807, 2.05) is 140 Å². The van der Waals surface area contributed by atoms with Gasteiger partial charge in [0.15, 0.2) is 46.6 Å². The van der Waals surface area contributed by atoms with Crippen molar-refractivity contribution in [3.05, 3.63) is 303 Å². The van der Waals surface area contributed by atoms with Crippen molar-refractivity contribution >= 4 is 97.0 Å². The second kappa shape index (κ2) is 40.6. The summed E-state index contributed by atoms with van der Waals surface area (Å²) in [5, 5.41) is 62.7. The highest BCUT2D eigenvalue weighted by Gasteiger charge is 2.25. The molecule has 136 heavy (non-hydrogen) atoms. The molecule has 0 aliphatic rings. The Balaban J connectivity index is 0.000000121. The van der Waals surface area contributed by atoms with Crippen LogP contribution in [0, 0.1) is 0 Å². The van der Waals surface area contributed by atoms with Gasteiger partial charge in [-0.1, -0.05) is 194 Å². The SMILES string of the molecule is CCOc1ccc(-c2nc(OCC)nc(-c3c4ccccc4cc4ccccc34)n2)c(O)c1.CCOc1ccc(-c2nc(OCC)nc(-c3cc4c5ccccc5ccc4c4ccccc34)n2)c(O)c1.CCOc1ccc(-c2nc(OCC)nc(-c3cc4ccccc4c4ccccc34)n2)c(O)c1.CCOc1ccc(-c2nc(OCC)nc(-c3ccc4cc5ccccc5cc4c3)n2)c(O)c1. The summed E-state index contributed by atoms with van der Waals surface area (Å²) in [5.41, 5.74) is 5.40. The predicted molar refractivity (Wildman–Crippen MR) is 536 cm³/mol. The second-order valence-electron chi connectivity index (χ2n) is 31.2. The minimum Gasteiger partial charge on any atom is -0.507 e. The average molecular weight is 1800 g/mol. The highest BCUT2D eigenvalue weighted by atomic mass is 16.5. The van der Waals surface area contributed by atoms with E-state index in [0.29, 0.717) is 145 Å². The zero-order chi connectivity index (χ0) is 93.7. The number of ether oxygens (including phenoxy) is 8.